The summed E-state index contributed by atoms with van der Waals surface area (Å²) < 4.78 is 0. The Balaban J connectivity index is 1.89. The average Bonchev–Trinajstić information content (AvgIpc) is 3.10. The van der Waals surface area contributed by atoms with Gasteiger partial charge in [0.25, 0.3) is 0 Å². The van der Waals surface area contributed by atoms with Crippen molar-refractivity contribution in [3.63, 3.8) is 0 Å². The molecule has 0 aromatic carbocycles. The van der Waals surface area contributed by atoms with Crippen LogP contribution in [0.15, 0.2) is 48.8 Å². The van der Waals surface area contributed by atoms with Crippen molar-refractivity contribution < 1.29 is 0 Å². The van der Waals surface area contributed by atoms with E-state index in [1.165, 1.54) is 0 Å². The summed E-state index contributed by atoms with van der Waals surface area (Å²) in [6, 6.07) is 11.7. The molecule has 6 nitrogen and oxygen atoms in total. The van der Waals surface area contributed by atoms with Gasteiger partial charge in [-0.1, -0.05) is 6.07 Å². The van der Waals surface area contributed by atoms with E-state index in [1.54, 1.807) is 6.20 Å². The van der Waals surface area contributed by atoms with Crippen LogP contribution in [-0.2, 0) is 0 Å². The molecule has 0 radical (unpaired) electrons. The fourth-order valence-electron chi connectivity index (χ4n) is 2.73. The summed E-state index contributed by atoms with van der Waals surface area (Å²) in [4.78, 5) is 13.7. The molecule has 0 saturated carbocycles. The minimum atomic E-state index is 0.792. The minimum absolute atomic E-state index is 0.792. The Hall–Kier alpha value is -3.28. The van der Waals surface area contributed by atoms with Gasteiger partial charge in [-0.3, -0.25) is 15.1 Å². The van der Waals surface area contributed by atoms with Crippen LogP contribution in [0.2, 0.25) is 0 Å². The predicted molar refractivity (Wildman–Crippen MR) is 94.6 cm³/mol. The predicted octanol–water partition coefficient (Wildman–Crippen LogP) is 3.43. The molecule has 4 rings (SSSR count). The Kier molecular flexibility index (Phi) is 3.42. The number of fused-ring (bicyclic) bond motifs is 1. The maximum absolute atomic E-state index is 4.78. The third-order valence-corrected chi connectivity index (χ3v) is 3.90. The number of aromatic nitrogens is 5. The Morgan fingerprint density at radius 1 is 1.00 bits per heavy atom. The number of hydrogen-bond acceptors (Lipinski definition) is 5. The van der Waals surface area contributed by atoms with Gasteiger partial charge < -0.3 is 5.32 Å². The average molecular weight is 316 g/mol. The Morgan fingerprint density at radius 2 is 1.92 bits per heavy atom. The highest BCUT2D eigenvalue weighted by Gasteiger charge is 2.14. The van der Waals surface area contributed by atoms with Gasteiger partial charge >= 0.3 is 0 Å². The summed E-state index contributed by atoms with van der Waals surface area (Å²) in [6.45, 7) is 1.97. The first-order chi connectivity index (χ1) is 11.8. The van der Waals surface area contributed by atoms with Gasteiger partial charge in [-0.15, -0.1) is 0 Å². The van der Waals surface area contributed by atoms with E-state index in [1.807, 2.05) is 56.6 Å². The molecule has 4 aromatic heterocycles. The third-order valence-electron chi connectivity index (χ3n) is 3.90. The molecular weight excluding hydrogens is 300 g/mol. The molecule has 24 heavy (non-hydrogen) atoms. The molecule has 0 aliphatic heterocycles. The SMILES string of the molecule is CNc1ccnc2ccc(-c3c[nH]nc3-c3cccc(C)n3)nc12. The number of rotatable bonds is 3. The van der Waals surface area contributed by atoms with E-state index in [0.717, 1.165) is 45.1 Å². The molecule has 0 spiro atoms. The Bertz CT molecular complexity index is 1020. The molecule has 0 aliphatic rings. The van der Waals surface area contributed by atoms with Gasteiger partial charge in [0.2, 0.25) is 0 Å². The molecule has 0 saturated heterocycles. The summed E-state index contributed by atoms with van der Waals surface area (Å²) >= 11 is 0. The summed E-state index contributed by atoms with van der Waals surface area (Å²) in [6.07, 6.45) is 3.62. The minimum Gasteiger partial charge on any atom is -0.386 e. The van der Waals surface area contributed by atoms with Crippen LogP contribution in [0.4, 0.5) is 5.69 Å². The van der Waals surface area contributed by atoms with Crippen LogP contribution < -0.4 is 5.32 Å². The van der Waals surface area contributed by atoms with Gasteiger partial charge in [0.05, 0.1) is 22.6 Å². The zero-order valence-electron chi connectivity index (χ0n) is 13.4. The fourth-order valence-corrected chi connectivity index (χ4v) is 2.73. The van der Waals surface area contributed by atoms with Crippen molar-refractivity contribution in [1.29, 1.82) is 0 Å². The van der Waals surface area contributed by atoms with Gasteiger partial charge in [-0.2, -0.15) is 5.10 Å². The van der Waals surface area contributed by atoms with E-state index >= 15 is 0 Å². The zero-order chi connectivity index (χ0) is 16.5. The number of pyridine rings is 3. The summed E-state index contributed by atoms with van der Waals surface area (Å²) in [5.41, 5.74) is 6.95. The molecule has 0 bridgehead atoms. The lowest BCUT2D eigenvalue weighted by Crippen LogP contribution is -1.95. The highest BCUT2D eigenvalue weighted by Crippen LogP contribution is 2.30. The summed E-state index contributed by atoms with van der Waals surface area (Å²) in [5.74, 6) is 0. The van der Waals surface area contributed by atoms with Crippen molar-refractivity contribution in [2.75, 3.05) is 12.4 Å². The molecule has 0 amide bonds. The lowest BCUT2D eigenvalue weighted by molar-refractivity contribution is 1.08. The number of nitrogens with one attached hydrogen (secondary N) is 2. The lowest BCUT2D eigenvalue weighted by Gasteiger charge is -2.07. The Labute approximate surface area is 139 Å². The van der Waals surface area contributed by atoms with E-state index in [-0.39, 0.29) is 0 Å². The van der Waals surface area contributed by atoms with Gasteiger partial charge in [-0.25, -0.2) is 4.98 Å². The van der Waals surface area contributed by atoms with E-state index in [2.05, 4.69) is 25.5 Å². The van der Waals surface area contributed by atoms with E-state index in [4.69, 9.17) is 4.98 Å². The summed E-state index contributed by atoms with van der Waals surface area (Å²) in [5, 5.41) is 10.5. The van der Waals surface area contributed by atoms with Gasteiger partial charge in [0, 0.05) is 30.7 Å². The highest BCUT2D eigenvalue weighted by molar-refractivity contribution is 5.90. The molecule has 4 heterocycles. The molecule has 4 aromatic rings. The van der Waals surface area contributed by atoms with Crippen molar-refractivity contribution in [2.45, 2.75) is 6.92 Å². The second kappa shape index (κ2) is 5.73. The number of aryl methyl sites for hydroxylation is 1. The topological polar surface area (TPSA) is 79.4 Å². The van der Waals surface area contributed by atoms with Gasteiger partial charge in [0.15, 0.2) is 0 Å². The second-order valence-corrected chi connectivity index (χ2v) is 5.48. The molecule has 6 heteroatoms. The van der Waals surface area contributed by atoms with Crippen LogP contribution in [0, 0.1) is 6.92 Å². The first-order valence-corrected chi connectivity index (χ1v) is 7.68. The van der Waals surface area contributed by atoms with Crippen LogP contribution in [0.5, 0.6) is 0 Å². The lowest BCUT2D eigenvalue weighted by atomic mass is 10.1. The molecule has 0 atom stereocenters. The Morgan fingerprint density at radius 3 is 2.75 bits per heavy atom. The largest absolute Gasteiger partial charge is 0.386 e. The van der Waals surface area contributed by atoms with Crippen LogP contribution in [0.3, 0.4) is 0 Å². The van der Waals surface area contributed by atoms with Crippen molar-refractivity contribution in [3.05, 3.63) is 54.5 Å². The fraction of sp³-hybridized carbons (Fsp3) is 0.111. The number of aromatic amines is 1. The first kappa shape index (κ1) is 14.3. The molecule has 118 valence electrons. The normalized spacial score (nSPS) is 10.9. The molecule has 0 aliphatic carbocycles. The van der Waals surface area contributed by atoms with Crippen molar-refractivity contribution >= 4 is 16.7 Å². The van der Waals surface area contributed by atoms with Crippen LogP contribution in [0.25, 0.3) is 33.7 Å². The molecule has 0 unspecified atom stereocenters. The van der Waals surface area contributed by atoms with E-state index in [0.29, 0.717) is 0 Å². The second-order valence-electron chi connectivity index (χ2n) is 5.48. The number of nitrogens with zero attached hydrogens (tertiary/aromatic N) is 4. The van der Waals surface area contributed by atoms with Crippen LogP contribution in [0.1, 0.15) is 5.69 Å². The number of hydrogen-bond donors (Lipinski definition) is 2. The number of anilines is 1. The summed E-state index contributed by atoms with van der Waals surface area (Å²) in [7, 11) is 1.88. The smallest absolute Gasteiger partial charge is 0.120 e. The van der Waals surface area contributed by atoms with Crippen LogP contribution >= 0.6 is 0 Å². The first-order valence-electron chi connectivity index (χ1n) is 7.68. The zero-order valence-corrected chi connectivity index (χ0v) is 13.4. The van der Waals surface area contributed by atoms with Crippen molar-refractivity contribution in [1.82, 2.24) is 25.1 Å². The van der Waals surface area contributed by atoms with Crippen molar-refractivity contribution in [3.8, 4) is 22.6 Å². The van der Waals surface area contributed by atoms with Gasteiger partial charge in [0.1, 0.15) is 11.2 Å². The van der Waals surface area contributed by atoms with E-state index in [9.17, 15) is 0 Å². The molecule has 0 fully saturated rings. The molecule has 2 N–H and O–H groups in total. The van der Waals surface area contributed by atoms with E-state index < -0.39 is 0 Å². The maximum Gasteiger partial charge on any atom is 0.120 e. The standard InChI is InChI=1S/C18H16N6/c1-11-4-3-5-16(22-11)17-12(10-21-24-17)13-6-7-15-18(23-13)14(19-2)8-9-20-15/h3-10H,1-2H3,(H,19,20)(H,21,24). The molecular formula is C18H16N6. The van der Waals surface area contributed by atoms with Crippen LogP contribution in [-0.4, -0.2) is 32.2 Å². The maximum atomic E-state index is 4.78. The monoisotopic (exact) mass is 316 g/mol. The van der Waals surface area contributed by atoms with Gasteiger partial charge in [-0.05, 0) is 37.3 Å². The van der Waals surface area contributed by atoms with Crippen molar-refractivity contribution in [2.24, 2.45) is 0 Å². The highest BCUT2D eigenvalue weighted by atomic mass is 15.1. The number of H-pyrrole nitrogens is 1. The quantitative estimate of drug-likeness (QED) is 0.605. The third kappa shape index (κ3) is 2.38.